The van der Waals surface area contributed by atoms with E-state index in [2.05, 4.69) is 10.6 Å². The molecule has 2 aromatic rings. The predicted octanol–water partition coefficient (Wildman–Crippen LogP) is 4.18. The Balaban J connectivity index is 2.03. The van der Waals surface area contributed by atoms with Crippen molar-refractivity contribution in [2.45, 2.75) is 13.0 Å². The summed E-state index contributed by atoms with van der Waals surface area (Å²) in [5.41, 5.74) is 1.27. The molecule has 1 atom stereocenters. The monoisotopic (exact) mass is 308 g/mol. The van der Waals surface area contributed by atoms with Crippen LogP contribution >= 0.6 is 11.6 Å². The highest BCUT2D eigenvalue weighted by molar-refractivity contribution is 6.30. The highest BCUT2D eigenvalue weighted by atomic mass is 35.5. The molecule has 3 N–H and O–H groups in total. The van der Waals surface area contributed by atoms with Crippen molar-refractivity contribution in [2.75, 3.05) is 10.6 Å². The second kappa shape index (κ2) is 6.56. The molecule has 21 heavy (non-hydrogen) atoms. The van der Waals surface area contributed by atoms with Crippen LogP contribution in [0.15, 0.2) is 42.5 Å². The van der Waals surface area contributed by atoms with Crippen LogP contribution in [0.25, 0.3) is 0 Å². The van der Waals surface area contributed by atoms with E-state index in [-0.39, 0.29) is 5.69 Å². The first kappa shape index (κ1) is 15.3. The van der Waals surface area contributed by atoms with Gasteiger partial charge < -0.3 is 15.7 Å². The maximum absolute atomic E-state index is 13.5. The van der Waals surface area contributed by atoms with Gasteiger partial charge in [-0.05, 0) is 42.8 Å². The number of hydrogen-bond donors (Lipinski definition) is 3. The number of anilines is 2. The summed E-state index contributed by atoms with van der Waals surface area (Å²) in [6, 6.07) is 10.0. The van der Waals surface area contributed by atoms with Gasteiger partial charge in [-0.1, -0.05) is 23.7 Å². The minimum atomic E-state index is -0.582. The molecule has 2 aromatic carbocycles. The van der Waals surface area contributed by atoms with Gasteiger partial charge in [-0.15, -0.1) is 0 Å². The van der Waals surface area contributed by atoms with Gasteiger partial charge in [-0.3, -0.25) is 0 Å². The predicted molar refractivity (Wildman–Crippen MR) is 81.1 cm³/mol. The van der Waals surface area contributed by atoms with Crippen molar-refractivity contribution >= 4 is 29.0 Å². The topological polar surface area (TPSA) is 61.4 Å². The van der Waals surface area contributed by atoms with Crippen LogP contribution in [-0.4, -0.2) is 11.1 Å². The van der Waals surface area contributed by atoms with E-state index in [1.54, 1.807) is 31.2 Å². The summed E-state index contributed by atoms with van der Waals surface area (Å²) in [4.78, 5) is 11.8. The fourth-order valence-electron chi connectivity index (χ4n) is 1.72. The Bertz CT molecular complexity index is 645. The van der Waals surface area contributed by atoms with Crippen LogP contribution in [0.2, 0.25) is 5.02 Å². The summed E-state index contributed by atoms with van der Waals surface area (Å²) in [7, 11) is 0. The van der Waals surface area contributed by atoms with Gasteiger partial charge in [0.1, 0.15) is 5.82 Å². The van der Waals surface area contributed by atoms with Gasteiger partial charge in [0.2, 0.25) is 0 Å². The molecule has 2 rings (SSSR count). The Kier molecular flexibility index (Phi) is 4.77. The van der Waals surface area contributed by atoms with Crippen molar-refractivity contribution < 1.29 is 14.3 Å². The average molecular weight is 309 g/mol. The van der Waals surface area contributed by atoms with Crippen LogP contribution in [0.5, 0.6) is 0 Å². The molecule has 0 bridgehead atoms. The molecule has 0 aliphatic heterocycles. The molecule has 0 radical (unpaired) electrons. The number of carbonyl (C=O) groups excluding carboxylic acids is 1. The average Bonchev–Trinajstić information content (AvgIpc) is 2.43. The lowest BCUT2D eigenvalue weighted by Crippen LogP contribution is -2.20. The largest absolute Gasteiger partial charge is 0.389 e. The van der Waals surface area contributed by atoms with E-state index in [9.17, 15) is 14.3 Å². The van der Waals surface area contributed by atoms with Gasteiger partial charge in [0.25, 0.3) is 0 Å². The molecule has 0 aliphatic rings. The molecular weight excluding hydrogens is 295 g/mol. The third kappa shape index (κ3) is 4.18. The molecule has 0 saturated heterocycles. The minimum absolute atomic E-state index is 0.000556. The van der Waals surface area contributed by atoms with E-state index in [0.29, 0.717) is 10.7 Å². The number of rotatable bonds is 3. The summed E-state index contributed by atoms with van der Waals surface area (Å²) in [5.74, 6) is -0.570. The Hall–Kier alpha value is -2.11. The normalized spacial score (nSPS) is 11.8. The maximum Gasteiger partial charge on any atom is 0.323 e. The standard InChI is InChI=1S/C15H14ClFN2O2/c1-9(20)10-2-5-12(6-3-10)18-15(21)19-14-8-11(16)4-7-13(14)17/h2-9,20H,1H3,(H2,18,19,21). The molecule has 0 aromatic heterocycles. The van der Waals surface area contributed by atoms with Crippen LogP contribution in [0.1, 0.15) is 18.6 Å². The first-order valence-electron chi connectivity index (χ1n) is 6.27. The first-order valence-corrected chi connectivity index (χ1v) is 6.64. The van der Waals surface area contributed by atoms with Crippen LogP contribution in [-0.2, 0) is 0 Å². The number of carbonyl (C=O) groups is 1. The summed E-state index contributed by atoms with van der Waals surface area (Å²) in [5, 5.41) is 14.7. The van der Waals surface area contributed by atoms with Gasteiger partial charge >= 0.3 is 6.03 Å². The van der Waals surface area contributed by atoms with E-state index < -0.39 is 18.0 Å². The number of amides is 2. The lowest BCUT2D eigenvalue weighted by molar-refractivity contribution is 0.199. The number of benzene rings is 2. The van der Waals surface area contributed by atoms with Crippen molar-refractivity contribution in [1.29, 1.82) is 0 Å². The molecule has 6 heteroatoms. The number of aliphatic hydroxyl groups excluding tert-OH is 1. The van der Waals surface area contributed by atoms with Gasteiger partial charge in [0.15, 0.2) is 0 Å². The number of halogens is 2. The second-order valence-electron chi connectivity index (χ2n) is 4.50. The third-order valence-corrected chi connectivity index (χ3v) is 3.06. The molecule has 0 aliphatic carbocycles. The van der Waals surface area contributed by atoms with Crippen molar-refractivity contribution in [3.05, 3.63) is 58.9 Å². The van der Waals surface area contributed by atoms with Gasteiger partial charge in [-0.2, -0.15) is 0 Å². The summed E-state index contributed by atoms with van der Waals surface area (Å²) < 4.78 is 13.5. The van der Waals surface area contributed by atoms with Crippen LogP contribution in [0, 0.1) is 5.82 Å². The second-order valence-corrected chi connectivity index (χ2v) is 4.94. The summed E-state index contributed by atoms with van der Waals surface area (Å²) >= 11 is 5.75. The smallest absolute Gasteiger partial charge is 0.323 e. The van der Waals surface area contributed by atoms with Gasteiger partial charge in [0.05, 0.1) is 11.8 Å². The van der Waals surface area contributed by atoms with Crippen LogP contribution in [0.4, 0.5) is 20.6 Å². The molecule has 4 nitrogen and oxygen atoms in total. The van der Waals surface area contributed by atoms with E-state index in [4.69, 9.17) is 11.6 Å². The molecule has 1 unspecified atom stereocenters. The maximum atomic E-state index is 13.5. The van der Waals surface area contributed by atoms with Gasteiger partial charge in [-0.25, -0.2) is 9.18 Å². The molecule has 110 valence electrons. The van der Waals surface area contributed by atoms with Crippen LogP contribution < -0.4 is 10.6 Å². The zero-order valence-electron chi connectivity index (χ0n) is 11.2. The molecule has 0 spiro atoms. The van der Waals surface area contributed by atoms with E-state index in [1.165, 1.54) is 18.2 Å². The molecule has 0 heterocycles. The zero-order valence-corrected chi connectivity index (χ0v) is 12.0. The highest BCUT2D eigenvalue weighted by Gasteiger charge is 2.08. The van der Waals surface area contributed by atoms with Crippen molar-refractivity contribution in [3.63, 3.8) is 0 Å². The lowest BCUT2D eigenvalue weighted by atomic mass is 10.1. The first-order chi connectivity index (χ1) is 9.95. The highest BCUT2D eigenvalue weighted by Crippen LogP contribution is 2.20. The molecular formula is C15H14ClFN2O2. The fourth-order valence-corrected chi connectivity index (χ4v) is 1.90. The Morgan fingerprint density at radius 3 is 2.48 bits per heavy atom. The number of nitrogens with one attached hydrogen (secondary N) is 2. The van der Waals surface area contributed by atoms with Crippen molar-refractivity contribution in [2.24, 2.45) is 0 Å². The van der Waals surface area contributed by atoms with Gasteiger partial charge in [0, 0.05) is 10.7 Å². The minimum Gasteiger partial charge on any atom is -0.389 e. The quantitative estimate of drug-likeness (QED) is 0.796. The number of urea groups is 1. The molecule has 0 fully saturated rings. The Morgan fingerprint density at radius 2 is 1.86 bits per heavy atom. The zero-order chi connectivity index (χ0) is 15.4. The lowest BCUT2D eigenvalue weighted by Gasteiger charge is -2.10. The van der Waals surface area contributed by atoms with E-state index in [1.807, 2.05) is 0 Å². The van der Waals surface area contributed by atoms with E-state index >= 15 is 0 Å². The van der Waals surface area contributed by atoms with Crippen LogP contribution in [0.3, 0.4) is 0 Å². The summed E-state index contributed by atoms with van der Waals surface area (Å²) in [6.45, 7) is 1.65. The Morgan fingerprint density at radius 1 is 1.19 bits per heavy atom. The SMILES string of the molecule is CC(O)c1ccc(NC(=O)Nc2cc(Cl)ccc2F)cc1. The number of aliphatic hydroxyl groups is 1. The summed E-state index contributed by atoms with van der Waals surface area (Å²) in [6.07, 6.45) is -0.576. The number of hydrogen-bond acceptors (Lipinski definition) is 2. The molecule has 0 saturated carbocycles. The van der Waals surface area contributed by atoms with Crippen molar-refractivity contribution in [3.8, 4) is 0 Å². The Labute approximate surface area is 126 Å². The molecule has 2 amide bonds. The third-order valence-electron chi connectivity index (χ3n) is 2.83. The van der Waals surface area contributed by atoms with Crippen molar-refractivity contribution in [1.82, 2.24) is 0 Å². The van der Waals surface area contributed by atoms with E-state index in [0.717, 1.165) is 5.56 Å². The fraction of sp³-hybridized carbons (Fsp3) is 0.133.